The molecule has 3 aromatic heterocycles. The quantitative estimate of drug-likeness (QED) is 0.734. The van der Waals surface area contributed by atoms with Gasteiger partial charge in [0.15, 0.2) is 5.65 Å². The van der Waals surface area contributed by atoms with Crippen molar-refractivity contribution in [2.24, 2.45) is 5.92 Å². The molecule has 0 bridgehead atoms. The van der Waals surface area contributed by atoms with Gasteiger partial charge in [-0.25, -0.2) is 9.50 Å². The van der Waals surface area contributed by atoms with Gasteiger partial charge in [-0.15, -0.1) is 0 Å². The van der Waals surface area contributed by atoms with E-state index in [2.05, 4.69) is 41.0 Å². The molecule has 5 heteroatoms. The highest BCUT2D eigenvalue weighted by Crippen LogP contribution is 2.23. The molecular weight excluding hydrogens is 310 g/mol. The highest BCUT2D eigenvalue weighted by Gasteiger charge is 2.21. The predicted octanol–water partition coefficient (Wildman–Crippen LogP) is 3.20. The van der Waals surface area contributed by atoms with Crippen molar-refractivity contribution in [1.29, 1.82) is 0 Å². The molecule has 4 heterocycles. The zero-order chi connectivity index (χ0) is 17.2. The average molecular weight is 335 g/mol. The number of aryl methyl sites for hydroxylation is 2. The summed E-state index contributed by atoms with van der Waals surface area (Å²) >= 11 is 0. The van der Waals surface area contributed by atoms with Crippen molar-refractivity contribution in [3.05, 3.63) is 59.3 Å². The lowest BCUT2D eigenvalue weighted by molar-refractivity contribution is 0.167. The van der Waals surface area contributed by atoms with Gasteiger partial charge in [0.05, 0.1) is 6.20 Å². The van der Waals surface area contributed by atoms with Crippen LogP contribution in [0.2, 0.25) is 0 Å². The summed E-state index contributed by atoms with van der Waals surface area (Å²) in [5, 5.41) is 4.53. The lowest BCUT2D eigenvalue weighted by Crippen LogP contribution is -2.35. The van der Waals surface area contributed by atoms with Gasteiger partial charge in [0, 0.05) is 42.4 Å². The second-order valence-corrected chi connectivity index (χ2v) is 7.25. The highest BCUT2D eigenvalue weighted by atomic mass is 15.3. The van der Waals surface area contributed by atoms with Crippen molar-refractivity contribution >= 4 is 5.65 Å². The Morgan fingerprint density at radius 1 is 1.24 bits per heavy atom. The van der Waals surface area contributed by atoms with Crippen molar-refractivity contribution in [1.82, 2.24) is 24.5 Å². The maximum absolute atomic E-state index is 4.71. The van der Waals surface area contributed by atoms with Gasteiger partial charge in [-0.2, -0.15) is 5.10 Å². The van der Waals surface area contributed by atoms with Crippen LogP contribution in [-0.2, 0) is 13.0 Å². The lowest BCUT2D eigenvalue weighted by Gasteiger charge is -2.32. The molecule has 0 N–H and O–H groups in total. The Hall–Kier alpha value is -2.27. The van der Waals surface area contributed by atoms with E-state index in [9.17, 15) is 0 Å². The first-order valence-corrected chi connectivity index (χ1v) is 9.11. The van der Waals surface area contributed by atoms with Crippen LogP contribution in [0, 0.1) is 19.8 Å². The Morgan fingerprint density at radius 3 is 3.00 bits per heavy atom. The van der Waals surface area contributed by atoms with E-state index in [1.807, 2.05) is 29.2 Å². The zero-order valence-corrected chi connectivity index (χ0v) is 15.0. The molecule has 130 valence electrons. The van der Waals surface area contributed by atoms with Crippen LogP contribution in [0.15, 0.2) is 36.8 Å². The summed E-state index contributed by atoms with van der Waals surface area (Å²) in [5.74, 6) is 0.705. The van der Waals surface area contributed by atoms with Crippen LogP contribution < -0.4 is 0 Å². The Kier molecular flexibility index (Phi) is 4.49. The first-order chi connectivity index (χ1) is 12.2. The molecule has 0 radical (unpaired) electrons. The SMILES string of the molecule is Cc1cc(C)n2ncc(CN3CCC[C@@H](Cc4cccnc4)C3)c2n1. The summed E-state index contributed by atoms with van der Waals surface area (Å²) in [4.78, 5) is 11.5. The topological polar surface area (TPSA) is 46.3 Å². The van der Waals surface area contributed by atoms with Crippen LogP contribution in [0.3, 0.4) is 0 Å². The maximum atomic E-state index is 4.71. The van der Waals surface area contributed by atoms with E-state index < -0.39 is 0 Å². The molecule has 25 heavy (non-hydrogen) atoms. The number of pyridine rings is 1. The van der Waals surface area contributed by atoms with Crippen LogP contribution >= 0.6 is 0 Å². The minimum atomic E-state index is 0.705. The number of hydrogen-bond donors (Lipinski definition) is 0. The predicted molar refractivity (Wildman–Crippen MR) is 98.4 cm³/mol. The maximum Gasteiger partial charge on any atom is 0.159 e. The Labute approximate surface area is 148 Å². The molecule has 4 rings (SSSR count). The third-order valence-corrected chi connectivity index (χ3v) is 5.10. The van der Waals surface area contributed by atoms with E-state index in [4.69, 9.17) is 4.98 Å². The molecule has 0 amide bonds. The van der Waals surface area contributed by atoms with Crippen molar-refractivity contribution in [3.63, 3.8) is 0 Å². The molecule has 1 saturated heterocycles. The van der Waals surface area contributed by atoms with Gasteiger partial charge in [0.1, 0.15) is 0 Å². The number of hydrogen-bond acceptors (Lipinski definition) is 4. The zero-order valence-electron chi connectivity index (χ0n) is 15.0. The Morgan fingerprint density at radius 2 is 2.16 bits per heavy atom. The molecule has 0 aliphatic carbocycles. The monoisotopic (exact) mass is 335 g/mol. The first kappa shape index (κ1) is 16.2. The smallest absolute Gasteiger partial charge is 0.159 e. The van der Waals surface area contributed by atoms with Crippen LogP contribution in [0.5, 0.6) is 0 Å². The van der Waals surface area contributed by atoms with Gasteiger partial charge in [-0.05, 0) is 63.3 Å². The molecular formula is C20H25N5. The molecule has 1 fully saturated rings. The van der Waals surface area contributed by atoms with Crippen molar-refractivity contribution in [2.75, 3.05) is 13.1 Å². The summed E-state index contributed by atoms with van der Waals surface area (Å²) < 4.78 is 1.96. The van der Waals surface area contributed by atoms with Crippen molar-refractivity contribution < 1.29 is 0 Å². The third-order valence-electron chi connectivity index (χ3n) is 5.10. The highest BCUT2D eigenvalue weighted by molar-refractivity contribution is 5.47. The molecule has 1 aliphatic rings. The summed E-state index contributed by atoms with van der Waals surface area (Å²) in [7, 11) is 0. The van der Waals surface area contributed by atoms with Gasteiger partial charge in [-0.3, -0.25) is 9.88 Å². The van der Waals surface area contributed by atoms with E-state index in [0.717, 1.165) is 43.1 Å². The van der Waals surface area contributed by atoms with E-state index >= 15 is 0 Å². The number of likely N-dealkylation sites (tertiary alicyclic amines) is 1. The Balaban J connectivity index is 1.47. The molecule has 0 saturated carbocycles. The van der Waals surface area contributed by atoms with Gasteiger partial charge in [0.2, 0.25) is 0 Å². The Bertz CT molecular complexity index is 855. The van der Waals surface area contributed by atoms with Gasteiger partial charge in [-0.1, -0.05) is 6.07 Å². The fraction of sp³-hybridized carbons (Fsp3) is 0.450. The minimum absolute atomic E-state index is 0.705. The lowest BCUT2D eigenvalue weighted by atomic mass is 9.92. The normalized spacial score (nSPS) is 18.7. The summed E-state index contributed by atoms with van der Waals surface area (Å²) in [6.07, 6.45) is 9.51. The van der Waals surface area contributed by atoms with Gasteiger partial charge >= 0.3 is 0 Å². The minimum Gasteiger partial charge on any atom is -0.299 e. The van der Waals surface area contributed by atoms with Gasteiger partial charge < -0.3 is 0 Å². The van der Waals surface area contributed by atoms with Crippen LogP contribution in [-0.4, -0.2) is 37.6 Å². The number of nitrogens with zero attached hydrogens (tertiary/aromatic N) is 5. The number of rotatable bonds is 4. The molecule has 0 spiro atoms. The van der Waals surface area contributed by atoms with E-state index in [0.29, 0.717) is 5.92 Å². The molecule has 1 aliphatic heterocycles. The molecule has 5 nitrogen and oxygen atoms in total. The van der Waals surface area contributed by atoms with E-state index in [1.165, 1.54) is 24.0 Å². The van der Waals surface area contributed by atoms with E-state index in [1.54, 1.807) is 0 Å². The molecule has 3 aromatic rings. The van der Waals surface area contributed by atoms with Crippen molar-refractivity contribution in [2.45, 2.75) is 39.7 Å². The fourth-order valence-corrected chi connectivity index (χ4v) is 3.98. The number of aromatic nitrogens is 4. The van der Waals surface area contributed by atoms with Crippen LogP contribution in [0.25, 0.3) is 5.65 Å². The number of fused-ring (bicyclic) bond motifs is 1. The summed E-state index contributed by atoms with van der Waals surface area (Å²) in [5.41, 5.74) is 5.78. The van der Waals surface area contributed by atoms with E-state index in [-0.39, 0.29) is 0 Å². The molecule has 1 atom stereocenters. The second kappa shape index (κ2) is 6.92. The second-order valence-electron chi connectivity index (χ2n) is 7.25. The van der Waals surface area contributed by atoms with Crippen LogP contribution in [0.4, 0.5) is 0 Å². The first-order valence-electron chi connectivity index (χ1n) is 9.11. The van der Waals surface area contributed by atoms with Gasteiger partial charge in [0.25, 0.3) is 0 Å². The third kappa shape index (κ3) is 3.56. The largest absolute Gasteiger partial charge is 0.299 e. The standard InChI is InChI=1S/C20H25N5/c1-15-9-16(2)25-20(23-15)19(12-22-25)14-24-8-4-6-18(13-24)10-17-5-3-7-21-11-17/h3,5,7,9,11-12,18H,4,6,8,10,13-14H2,1-2H3/t18-/m0/s1. The van der Waals surface area contributed by atoms with Crippen LogP contribution in [0.1, 0.15) is 35.4 Å². The molecule has 0 aromatic carbocycles. The summed E-state index contributed by atoms with van der Waals surface area (Å²) in [6, 6.07) is 6.30. The summed E-state index contributed by atoms with van der Waals surface area (Å²) in [6.45, 7) is 7.36. The molecule has 0 unspecified atom stereocenters. The number of piperidine rings is 1. The fourth-order valence-electron chi connectivity index (χ4n) is 3.98. The van der Waals surface area contributed by atoms with Crippen molar-refractivity contribution in [3.8, 4) is 0 Å². The average Bonchev–Trinajstić information content (AvgIpc) is 2.99.